The summed E-state index contributed by atoms with van der Waals surface area (Å²) < 4.78 is 5.98. The number of nitrogens with zero attached hydrogens (tertiary/aromatic N) is 4. The maximum Gasteiger partial charge on any atom is 0.221 e. The number of aromatic nitrogens is 2. The van der Waals surface area contributed by atoms with Gasteiger partial charge in [0.1, 0.15) is 0 Å². The van der Waals surface area contributed by atoms with Crippen LogP contribution in [0.3, 0.4) is 0 Å². The van der Waals surface area contributed by atoms with Crippen molar-refractivity contribution in [3.05, 3.63) is 23.4 Å². The number of rotatable bonds is 5. The lowest BCUT2D eigenvalue weighted by Gasteiger charge is -2.41. The molecule has 0 saturated carbocycles. The molecule has 6 heteroatoms. The second kappa shape index (κ2) is 9.21. The van der Waals surface area contributed by atoms with E-state index in [1.54, 1.807) is 6.92 Å². The highest BCUT2D eigenvalue weighted by Gasteiger charge is 2.34. The van der Waals surface area contributed by atoms with Gasteiger partial charge in [0, 0.05) is 51.5 Å². The third-order valence-electron chi connectivity index (χ3n) is 6.90. The molecule has 3 rings (SSSR count). The van der Waals surface area contributed by atoms with Gasteiger partial charge in [0.25, 0.3) is 0 Å². The highest BCUT2D eigenvalue weighted by molar-refractivity contribution is 5.73. The Morgan fingerprint density at radius 1 is 1.20 bits per heavy atom. The summed E-state index contributed by atoms with van der Waals surface area (Å²) >= 11 is 0. The second-order valence-corrected chi connectivity index (χ2v) is 10.7. The number of piperazine rings is 1. The third-order valence-corrected chi connectivity index (χ3v) is 6.90. The predicted molar refractivity (Wildman–Crippen MR) is 119 cm³/mol. The van der Waals surface area contributed by atoms with Gasteiger partial charge in [0.2, 0.25) is 17.7 Å². The molecule has 0 aromatic carbocycles. The fraction of sp³-hybridized carbons (Fsp3) is 0.792. The van der Waals surface area contributed by atoms with E-state index in [0.717, 1.165) is 50.9 Å². The Labute approximate surface area is 182 Å². The molecular formula is C24H40N4O2. The zero-order chi connectivity index (χ0) is 22.1. The standard InChI is InChI=1S/C24H40N4O2/c1-16(2)21-13-19(14-22-25-26-23(30-22)24(5,6)7)17(3)12-20(21)15-27-8-10-28(11-9-27)18(4)29/h12,16,19-21H,8-11,13-15H2,1-7H3/t19-,20-,21-/m0/s1. The molecule has 1 fully saturated rings. The van der Waals surface area contributed by atoms with Gasteiger partial charge in [-0.1, -0.05) is 46.3 Å². The minimum atomic E-state index is -0.110. The molecule has 1 aliphatic carbocycles. The van der Waals surface area contributed by atoms with Crippen molar-refractivity contribution in [2.45, 2.75) is 66.7 Å². The van der Waals surface area contributed by atoms with Gasteiger partial charge in [0.15, 0.2) is 0 Å². The van der Waals surface area contributed by atoms with Crippen molar-refractivity contribution >= 4 is 5.91 Å². The quantitative estimate of drug-likeness (QED) is 0.681. The minimum absolute atomic E-state index is 0.110. The van der Waals surface area contributed by atoms with Gasteiger partial charge in [0.05, 0.1) is 0 Å². The molecule has 0 spiro atoms. The fourth-order valence-electron chi connectivity index (χ4n) is 4.88. The van der Waals surface area contributed by atoms with E-state index in [1.807, 2.05) is 4.90 Å². The first-order chi connectivity index (χ1) is 14.0. The normalized spacial score (nSPS) is 26.2. The Morgan fingerprint density at radius 3 is 2.40 bits per heavy atom. The lowest BCUT2D eigenvalue weighted by atomic mass is 9.69. The van der Waals surface area contributed by atoms with Crippen LogP contribution in [0.25, 0.3) is 0 Å². The maximum atomic E-state index is 11.6. The van der Waals surface area contributed by atoms with Crippen molar-refractivity contribution in [2.24, 2.45) is 23.7 Å². The Balaban J connectivity index is 1.66. The topological polar surface area (TPSA) is 62.5 Å². The summed E-state index contributed by atoms with van der Waals surface area (Å²) in [5, 5.41) is 8.60. The van der Waals surface area contributed by atoms with Crippen LogP contribution in [-0.4, -0.2) is 58.6 Å². The number of hydrogen-bond donors (Lipinski definition) is 0. The molecule has 3 atom stereocenters. The molecule has 30 heavy (non-hydrogen) atoms. The molecule has 6 nitrogen and oxygen atoms in total. The van der Waals surface area contributed by atoms with Crippen molar-refractivity contribution in [3.63, 3.8) is 0 Å². The molecule has 1 aliphatic heterocycles. The highest BCUT2D eigenvalue weighted by Crippen LogP contribution is 2.39. The first kappa shape index (κ1) is 23.0. The van der Waals surface area contributed by atoms with Crippen LogP contribution in [0.15, 0.2) is 16.1 Å². The molecule has 0 radical (unpaired) electrons. The summed E-state index contributed by atoms with van der Waals surface area (Å²) in [4.78, 5) is 16.1. The first-order valence-corrected chi connectivity index (χ1v) is 11.5. The van der Waals surface area contributed by atoms with Gasteiger partial charge in [-0.25, -0.2) is 0 Å². The summed E-state index contributed by atoms with van der Waals surface area (Å²) in [5.74, 6) is 4.00. The molecule has 1 aromatic heterocycles. The number of carbonyl (C=O) groups is 1. The van der Waals surface area contributed by atoms with Crippen molar-refractivity contribution in [1.29, 1.82) is 0 Å². The monoisotopic (exact) mass is 416 g/mol. The zero-order valence-electron chi connectivity index (χ0n) is 19.9. The maximum absolute atomic E-state index is 11.6. The van der Waals surface area contributed by atoms with Gasteiger partial charge < -0.3 is 9.32 Å². The summed E-state index contributed by atoms with van der Waals surface area (Å²) in [6, 6.07) is 0. The van der Waals surface area contributed by atoms with Crippen LogP contribution in [-0.2, 0) is 16.6 Å². The smallest absolute Gasteiger partial charge is 0.221 e. The number of amides is 1. The molecule has 0 N–H and O–H groups in total. The summed E-state index contributed by atoms with van der Waals surface area (Å²) in [6.45, 7) is 19.7. The van der Waals surface area contributed by atoms with E-state index in [-0.39, 0.29) is 11.3 Å². The van der Waals surface area contributed by atoms with Crippen molar-refractivity contribution < 1.29 is 9.21 Å². The van der Waals surface area contributed by atoms with Crippen LogP contribution in [0.4, 0.5) is 0 Å². The Bertz CT molecular complexity index is 754. The van der Waals surface area contributed by atoms with Gasteiger partial charge in [-0.3, -0.25) is 9.69 Å². The molecule has 1 saturated heterocycles. The average Bonchev–Trinajstić information content (AvgIpc) is 3.13. The molecule has 1 amide bonds. The van der Waals surface area contributed by atoms with Crippen LogP contribution >= 0.6 is 0 Å². The van der Waals surface area contributed by atoms with E-state index in [9.17, 15) is 4.79 Å². The zero-order valence-corrected chi connectivity index (χ0v) is 19.9. The van der Waals surface area contributed by atoms with Crippen LogP contribution in [0.2, 0.25) is 0 Å². The second-order valence-electron chi connectivity index (χ2n) is 10.7. The SMILES string of the molecule is CC(=O)N1CCN(C[C@@H]2C=C(C)[C@H](Cc3nnc(C(C)(C)C)o3)C[C@H]2C(C)C)CC1. The van der Waals surface area contributed by atoms with Gasteiger partial charge in [-0.15, -0.1) is 10.2 Å². The molecule has 168 valence electrons. The Kier molecular flexibility index (Phi) is 7.05. The lowest BCUT2D eigenvalue weighted by molar-refractivity contribution is -0.130. The van der Waals surface area contributed by atoms with Crippen LogP contribution in [0.5, 0.6) is 0 Å². The van der Waals surface area contributed by atoms with E-state index < -0.39 is 0 Å². The van der Waals surface area contributed by atoms with E-state index in [4.69, 9.17) is 4.42 Å². The van der Waals surface area contributed by atoms with E-state index >= 15 is 0 Å². The third kappa shape index (κ3) is 5.51. The summed E-state index contributed by atoms with van der Waals surface area (Å²) in [6.07, 6.45) is 4.52. The van der Waals surface area contributed by atoms with Crippen molar-refractivity contribution in [2.75, 3.05) is 32.7 Å². The molecule has 2 aliphatic rings. The summed E-state index contributed by atoms with van der Waals surface area (Å²) in [5.41, 5.74) is 1.34. The lowest BCUT2D eigenvalue weighted by Crippen LogP contribution is -2.50. The summed E-state index contributed by atoms with van der Waals surface area (Å²) in [7, 11) is 0. The van der Waals surface area contributed by atoms with Crippen molar-refractivity contribution in [3.8, 4) is 0 Å². The van der Waals surface area contributed by atoms with E-state index in [2.05, 4.69) is 62.7 Å². The molecular weight excluding hydrogens is 376 g/mol. The minimum Gasteiger partial charge on any atom is -0.425 e. The van der Waals surface area contributed by atoms with Crippen LogP contribution in [0, 0.1) is 23.7 Å². The Morgan fingerprint density at radius 2 is 1.87 bits per heavy atom. The van der Waals surface area contributed by atoms with Crippen molar-refractivity contribution in [1.82, 2.24) is 20.0 Å². The van der Waals surface area contributed by atoms with E-state index in [1.165, 1.54) is 12.0 Å². The van der Waals surface area contributed by atoms with Gasteiger partial charge >= 0.3 is 0 Å². The molecule has 1 aromatic rings. The largest absolute Gasteiger partial charge is 0.425 e. The number of carbonyl (C=O) groups excluding carboxylic acids is 1. The average molecular weight is 417 g/mol. The Hall–Kier alpha value is -1.69. The van der Waals surface area contributed by atoms with E-state index in [0.29, 0.717) is 23.7 Å². The van der Waals surface area contributed by atoms with Gasteiger partial charge in [-0.05, 0) is 37.0 Å². The first-order valence-electron chi connectivity index (χ1n) is 11.5. The molecule has 0 bridgehead atoms. The predicted octanol–water partition coefficient (Wildman–Crippen LogP) is 3.93. The van der Waals surface area contributed by atoms with Crippen LogP contribution in [0.1, 0.15) is 66.7 Å². The van der Waals surface area contributed by atoms with Gasteiger partial charge in [-0.2, -0.15) is 0 Å². The highest BCUT2D eigenvalue weighted by atomic mass is 16.4. The molecule has 2 heterocycles. The molecule has 0 unspecified atom stereocenters. The van der Waals surface area contributed by atoms with Crippen LogP contribution < -0.4 is 0 Å². The fourth-order valence-corrected chi connectivity index (χ4v) is 4.88. The number of allylic oxidation sites excluding steroid dienone is 1. The number of hydrogen-bond acceptors (Lipinski definition) is 5.